The Morgan fingerprint density at radius 3 is 2.57 bits per heavy atom. The molecule has 0 saturated carbocycles. The van der Waals surface area contributed by atoms with Crippen molar-refractivity contribution in [2.75, 3.05) is 11.1 Å². The summed E-state index contributed by atoms with van der Waals surface area (Å²) in [7, 11) is -3.35. The standard InChI is InChI=1S/C15H16FNO3S/c1-2-21(19,20)14-9-4-3-8-13(14)17-10-11-6-5-7-12(16)15(11)18/h3-9,17-18H,2,10H2,1H3. The minimum Gasteiger partial charge on any atom is -0.505 e. The third-order valence-electron chi connectivity index (χ3n) is 3.14. The summed E-state index contributed by atoms with van der Waals surface area (Å²) in [6, 6.07) is 10.7. The van der Waals surface area contributed by atoms with Crippen LogP contribution >= 0.6 is 0 Å². The number of rotatable bonds is 5. The van der Waals surface area contributed by atoms with Gasteiger partial charge in [-0.3, -0.25) is 0 Å². The summed E-state index contributed by atoms with van der Waals surface area (Å²) in [6.45, 7) is 1.70. The van der Waals surface area contributed by atoms with Crippen molar-refractivity contribution in [2.45, 2.75) is 18.4 Å². The molecule has 2 N–H and O–H groups in total. The molecule has 2 rings (SSSR count). The number of hydrogen-bond acceptors (Lipinski definition) is 4. The summed E-state index contributed by atoms with van der Waals surface area (Å²) in [6.07, 6.45) is 0. The summed E-state index contributed by atoms with van der Waals surface area (Å²) in [5, 5.41) is 12.5. The zero-order valence-corrected chi connectivity index (χ0v) is 12.3. The van der Waals surface area contributed by atoms with Crippen molar-refractivity contribution in [3.63, 3.8) is 0 Å². The monoisotopic (exact) mass is 309 g/mol. The molecule has 2 aromatic carbocycles. The van der Waals surface area contributed by atoms with E-state index in [1.807, 2.05) is 0 Å². The highest BCUT2D eigenvalue weighted by Crippen LogP contribution is 2.25. The number of halogens is 1. The van der Waals surface area contributed by atoms with E-state index in [2.05, 4.69) is 5.32 Å². The third-order valence-corrected chi connectivity index (χ3v) is 4.93. The predicted octanol–water partition coefficient (Wildman–Crippen LogP) is 2.94. The first kappa shape index (κ1) is 15.3. The van der Waals surface area contributed by atoms with E-state index in [4.69, 9.17) is 0 Å². The van der Waals surface area contributed by atoms with E-state index in [0.29, 0.717) is 11.3 Å². The van der Waals surface area contributed by atoms with E-state index in [1.54, 1.807) is 31.2 Å². The minimum absolute atomic E-state index is 0.00307. The van der Waals surface area contributed by atoms with Crippen LogP contribution < -0.4 is 5.32 Å². The molecule has 6 heteroatoms. The van der Waals surface area contributed by atoms with Crippen molar-refractivity contribution < 1.29 is 17.9 Å². The SMILES string of the molecule is CCS(=O)(=O)c1ccccc1NCc1cccc(F)c1O. The fourth-order valence-corrected chi connectivity index (χ4v) is 3.00. The Hall–Kier alpha value is -2.08. The van der Waals surface area contributed by atoms with Crippen molar-refractivity contribution >= 4 is 15.5 Å². The maximum atomic E-state index is 13.3. The van der Waals surface area contributed by atoms with E-state index in [9.17, 15) is 17.9 Å². The fourth-order valence-electron chi connectivity index (χ4n) is 1.93. The number of phenols is 1. The predicted molar refractivity (Wildman–Crippen MR) is 79.6 cm³/mol. The molecule has 0 saturated heterocycles. The van der Waals surface area contributed by atoms with Gasteiger partial charge in [0, 0.05) is 12.1 Å². The first-order valence-corrected chi connectivity index (χ1v) is 8.13. The smallest absolute Gasteiger partial charge is 0.180 e. The number of sulfone groups is 1. The maximum absolute atomic E-state index is 13.3. The Kier molecular flexibility index (Phi) is 4.47. The van der Waals surface area contributed by atoms with Crippen LogP contribution in [0.2, 0.25) is 0 Å². The van der Waals surface area contributed by atoms with Crippen LogP contribution in [-0.4, -0.2) is 19.3 Å². The largest absolute Gasteiger partial charge is 0.505 e. The lowest BCUT2D eigenvalue weighted by Crippen LogP contribution is -2.09. The third kappa shape index (κ3) is 3.33. The number of hydrogen-bond donors (Lipinski definition) is 2. The summed E-state index contributed by atoms with van der Waals surface area (Å²) < 4.78 is 37.3. The van der Waals surface area contributed by atoms with Gasteiger partial charge in [-0.15, -0.1) is 0 Å². The van der Waals surface area contributed by atoms with E-state index < -0.39 is 21.4 Å². The molecular formula is C15H16FNO3S. The van der Waals surface area contributed by atoms with Crippen molar-refractivity contribution in [1.82, 2.24) is 0 Å². The molecule has 0 aromatic heterocycles. The molecule has 0 heterocycles. The Labute approximate surface area is 123 Å². The molecule has 2 aromatic rings. The van der Waals surface area contributed by atoms with Gasteiger partial charge in [0.15, 0.2) is 21.4 Å². The molecule has 0 unspecified atom stereocenters. The molecule has 0 aliphatic carbocycles. The molecule has 4 nitrogen and oxygen atoms in total. The van der Waals surface area contributed by atoms with Gasteiger partial charge in [0.1, 0.15) is 0 Å². The molecule has 0 spiro atoms. The highest BCUT2D eigenvalue weighted by Gasteiger charge is 2.16. The lowest BCUT2D eigenvalue weighted by molar-refractivity contribution is 0.427. The number of nitrogens with one attached hydrogen (secondary N) is 1. The Morgan fingerprint density at radius 1 is 1.14 bits per heavy atom. The van der Waals surface area contributed by atoms with Crippen LogP contribution in [0.15, 0.2) is 47.4 Å². The Morgan fingerprint density at radius 2 is 1.86 bits per heavy atom. The first-order valence-electron chi connectivity index (χ1n) is 6.47. The molecule has 0 atom stereocenters. The number of aromatic hydroxyl groups is 1. The second-order valence-corrected chi connectivity index (χ2v) is 6.75. The van der Waals surface area contributed by atoms with Crippen molar-refractivity contribution in [3.05, 3.63) is 53.8 Å². The average molecular weight is 309 g/mol. The van der Waals surface area contributed by atoms with Crippen LogP contribution in [0, 0.1) is 5.82 Å². The van der Waals surface area contributed by atoms with Crippen LogP contribution in [0.3, 0.4) is 0 Å². The lowest BCUT2D eigenvalue weighted by Gasteiger charge is -2.12. The van der Waals surface area contributed by atoms with Gasteiger partial charge in [0.2, 0.25) is 0 Å². The first-order chi connectivity index (χ1) is 9.95. The van der Waals surface area contributed by atoms with Gasteiger partial charge >= 0.3 is 0 Å². The summed E-state index contributed by atoms with van der Waals surface area (Å²) in [4.78, 5) is 0.198. The molecule has 0 amide bonds. The molecule has 0 aliphatic heterocycles. The van der Waals surface area contributed by atoms with E-state index >= 15 is 0 Å². The zero-order chi connectivity index (χ0) is 15.5. The normalized spacial score (nSPS) is 11.3. The van der Waals surface area contributed by atoms with Crippen LogP contribution in [-0.2, 0) is 16.4 Å². The van der Waals surface area contributed by atoms with Gasteiger partial charge < -0.3 is 10.4 Å². The number of anilines is 1. The minimum atomic E-state index is -3.35. The quantitative estimate of drug-likeness (QED) is 0.891. The van der Waals surface area contributed by atoms with Gasteiger partial charge in [-0.2, -0.15) is 0 Å². The number of phenolic OH excluding ortho intramolecular Hbond substituents is 1. The second kappa shape index (κ2) is 6.13. The van der Waals surface area contributed by atoms with E-state index in [0.717, 1.165) is 6.07 Å². The second-order valence-electron chi connectivity index (χ2n) is 4.50. The molecular weight excluding hydrogens is 293 g/mol. The van der Waals surface area contributed by atoms with E-state index in [1.165, 1.54) is 12.1 Å². The number of para-hydroxylation sites is 2. The van der Waals surface area contributed by atoms with Crippen LogP contribution in [0.4, 0.5) is 10.1 Å². The maximum Gasteiger partial charge on any atom is 0.180 e. The average Bonchev–Trinajstić information content (AvgIpc) is 2.49. The molecule has 21 heavy (non-hydrogen) atoms. The Bertz CT molecular complexity index is 744. The van der Waals surface area contributed by atoms with Crippen molar-refractivity contribution in [1.29, 1.82) is 0 Å². The summed E-state index contributed by atoms with van der Waals surface area (Å²) in [5.41, 5.74) is 0.793. The lowest BCUT2D eigenvalue weighted by atomic mass is 10.2. The van der Waals surface area contributed by atoms with Crippen LogP contribution in [0.5, 0.6) is 5.75 Å². The highest BCUT2D eigenvalue weighted by atomic mass is 32.2. The van der Waals surface area contributed by atoms with Crippen molar-refractivity contribution in [3.8, 4) is 5.75 Å². The topological polar surface area (TPSA) is 66.4 Å². The molecule has 0 aliphatic rings. The molecule has 112 valence electrons. The summed E-state index contributed by atoms with van der Waals surface area (Å²) >= 11 is 0. The van der Waals surface area contributed by atoms with Gasteiger partial charge in [-0.05, 0) is 18.2 Å². The molecule has 0 radical (unpaired) electrons. The van der Waals surface area contributed by atoms with Gasteiger partial charge in [-0.25, -0.2) is 12.8 Å². The highest BCUT2D eigenvalue weighted by molar-refractivity contribution is 7.91. The van der Waals surface area contributed by atoms with E-state index in [-0.39, 0.29) is 17.2 Å². The van der Waals surface area contributed by atoms with Gasteiger partial charge in [0.05, 0.1) is 16.3 Å². The van der Waals surface area contributed by atoms with Gasteiger partial charge in [-0.1, -0.05) is 31.2 Å². The Balaban J connectivity index is 2.27. The number of benzene rings is 2. The van der Waals surface area contributed by atoms with Crippen LogP contribution in [0.25, 0.3) is 0 Å². The molecule has 0 fully saturated rings. The van der Waals surface area contributed by atoms with Crippen molar-refractivity contribution in [2.24, 2.45) is 0 Å². The fraction of sp³-hybridized carbons (Fsp3) is 0.200. The zero-order valence-electron chi connectivity index (χ0n) is 11.5. The molecule has 0 bridgehead atoms. The van der Waals surface area contributed by atoms with Crippen LogP contribution in [0.1, 0.15) is 12.5 Å². The van der Waals surface area contributed by atoms with Gasteiger partial charge in [0.25, 0.3) is 0 Å². The summed E-state index contributed by atoms with van der Waals surface area (Å²) in [5.74, 6) is -1.14.